The van der Waals surface area contributed by atoms with Gasteiger partial charge in [0.25, 0.3) is 0 Å². The highest BCUT2D eigenvalue weighted by Gasteiger charge is 1.79. The lowest BCUT2D eigenvalue weighted by atomic mass is 10.2. The number of hydrogen-bond acceptors (Lipinski definition) is 0. The summed E-state index contributed by atoms with van der Waals surface area (Å²) >= 11 is 0. The van der Waals surface area contributed by atoms with E-state index < -0.39 is 0 Å². The third-order valence-electron chi connectivity index (χ3n) is 2.16. The summed E-state index contributed by atoms with van der Waals surface area (Å²) in [6.07, 6.45) is 0. The Labute approximate surface area is 108 Å². The van der Waals surface area contributed by atoms with Crippen LogP contribution in [0.1, 0.15) is 32.0 Å². The topological polar surface area (TPSA) is 0 Å². The second-order valence-electron chi connectivity index (χ2n) is 3.81. The quantitative estimate of drug-likeness (QED) is 0.555. The molecule has 2 aromatic rings. The first kappa shape index (κ1) is 15.4. The Balaban J connectivity index is 0. The van der Waals surface area contributed by atoms with E-state index in [0.717, 1.165) is 0 Å². The summed E-state index contributed by atoms with van der Waals surface area (Å²) in [5.41, 5.74) is 3.98. The van der Waals surface area contributed by atoms with Crippen LogP contribution in [-0.2, 0) is 0 Å². The second-order valence-corrected chi connectivity index (χ2v) is 3.81. The summed E-state index contributed by atoms with van der Waals surface area (Å²) in [5.74, 6) is 0. The van der Waals surface area contributed by atoms with Gasteiger partial charge in [0.15, 0.2) is 0 Å². The minimum atomic E-state index is 0. The molecule has 2 rings (SSSR count). The Morgan fingerprint density at radius 1 is 0.529 bits per heavy atom. The Kier molecular flexibility index (Phi) is 8.77. The van der Waals surface area contributed by atoms with E-state index in [2.05, 4.69) is 57.2 Å². The van der Waals surface area contributed by atoms with Gasteiger partial charge in [-0.1, -0.05) is 85.1 Å². The van der Waals surface area contributed by atoms with Gasteiger partial charge in [0.2, 0.25) is 0 Å². The summed E-state index contributed by atoms with van der Waals surface area (Å²) in [6.45, 7) is 10.3. The van der Waals surface area contributed by atoms with Gasteiger partial charge in [-0.05, 0) is 20.8 Å². The molecule has 0 nitrogen and oxygen atoms in total. The van der Waals surface area contributed by atoms with Crippen molar-refractivity contribution in [1.82, 2.24) is 0 Å². The lowest BCUT2D eigenvalue weighted by molar-refractivity contribution is 1.40. The van der Waals surface area contributed by atoms with Crippen molar-refractivity contribution >= 4 is 0 Å². The van der Waals surface area contributed by atoms with E-state index in [4.69, 9.17) is 0 Å². The van der Waals surface area contributed by atoms with Gasteiger partial charge in [-0.3, -0.25) is 0 Å². The third-order valence-corrected chi connectivity index (χ3v) is 2.16. The van der Waals surface area contributed by atoms with Crippen molar-refractivity contribution in [2.45, 2.75) is 34.6 Å². The second kappa shape index (κ2) is 9.65. The van der Waals surface area contributed by atoms with Crippen molar-refractivity contribution in [3.05, 3.63) is 71.3 Å². The van der Waals surface area contributed by atoms with Gasteiger partial charge in [0.05, 0.1) is 0 Å². The molecule has 0 heteroatoms. The molecule has 0 aliphatic heterocycles. The number of aryl methyl sites for hydroxylation is 3. The number of benzene rings is 2. The lowest BCUT2D eigenvalue weighted by Gasteiger charge is -1.90. The smallest absolute Gasteiger partial charge is 0 e. The molecule has 0 N–H and O–H groups in total. The molecule has 0 atom stereocenters. The van der Waals surface area contributed by atoms with Gasteiger partial charge < -0.3 is 0 Å². The van der Waals surface area contributed by atoms with Crippen LogP contribution in [0, 0.1) is 20.8 Å². The fourth-order valence-corrected chi connectivity index (χ4v) is 1.17. The highest BCUT2D eigenvalue weighted by atomic mass is 13.9. The Morgan fingerprint density at radius 3 is 1.06 bits per heavy atom. The van der Waals surface area contributed by atoms with E-state index >= 15 is 0 Å². The fraction of sp³-hybridized carbons (Fsp3) is 0.294. The molecule has 17 heavy (non-hydrogen) atoms. The first-order valence-corrected chi connectivity index (χ1v) is 6.23. The van der Waals surface area contributed by atoms with E-state index in [-0.39, 0.29) is 1.43 Å². The van der Waals surface area contributed by atoms with Gasteiger partial charge in [-0.15, -0.1) is 0 Å². The summed E-state index contributed by atoms with van der Waals surface area (Å²) in [4.78, 5) is 0. The summed E-state index contributed by atoms with van der Waals surface area (Å²) < 4.78 is 0. The van der Waals surface area contributed by atoms with Gasteiger partial charge in [0.1, 0.15) is 0 Å². The molecule has 0 aliphatic rings. The predicted octanol–water partition coefficient (Wildman–Crippen LogP) is 5.57. The minimum Gasteiger partial charge on any atom is -0.0683 e. The van der Waals surface area contributed by atoms with Crippen LogP contribution in [0.4, 0.5) is 0 Å². The molecule has 0 heterocycles. The van der Waals surface area contributed by atoms with Crippen LogP contribution in [0.5, 0.6) is 0 Å². The molecule has 0 saturated heterocycles. The van der Waals surface area contributed by atoms with Crippen LogP contribution in [0.25, 0.3) is 0 Å². The van der Waals surface area contributed by atoms with Crippen LogP contribution in [-0.4, -0.2) is 0 Å². The van der Waals surface area contributed by atoms with Crippen molar-refractivity contribution in [3.8, 4) is 0 Å². The molecule has 0 amide bonds. The van der Waals surface area contributed by atoms with Crippen molar-refractivity contribution in [1.29, 1.82) is 0 Å². The summed E-state index contributed by atoms with van der Waals surface area (Å²) in [6, 6.07) is 18.7. The maximum absolute atomic E-state index is 2.12. The van der Waals surface area contributed by atoms with Gasteiger partial charge in [0, 0.05) is 1.43 Å². The van der Waals surface area contributed by atoms with Crippen LogP contribution in [0.2, 0.25) is 0 Å². The van der Waals surface area contributed by atoms with Crippen molar-refractivity contribution in [2.24, 2.45) is 0 Å². The zero-order chi connectivity index (χ0) is 13.1. The molecule has 0 saturated carbocycles. The summed E-state index contributed by atoms with van der Waals surface area (Å²) in [5, 5.41) is 0. The average molecular weight is 230 g/mol. The first-order valence-electron chi connectivity index (χ1n) is 6.23. The van der Waals surface area contributed by atoms with Crippen molar-refractivity contribution in [3.63, 3.8) is 0 Å². The van der Waals surface area contributed by atoms with Gasteiger partial charge in [-0.2, -0.15) is 0 Å². The van der Waals surface area contributed by atoms with E-state index in [1.54, 1.807) is 0 Å². The van der Waals surface area contributed by atoms with Crippen LogP contribution in [0.3, 0.4) is 0 Å². The lowest BCUT2D eigenvalue weighted by Crippen LogP contribution is -1.70. The number of hydrogen-bond donors (Lipinski definition) is 0. The van der Waals surface area contributed by atoms with E-state index in [9.17, 15) is 0 Å². The zero-order valence-corrected chi connectivity index (χ0v) is 11.7. The van der Waals surface area contributed by atoms with Crippen LogP contribution >= 0.6 is 0 Å². The van der Waals surface area contributed by atoms with E-state index in [1.165, 1.54) is 16.7 Å². The van der Waals surface area contributed by atoms with E-state index in [1.807, 2.05) is 32.0 Å². The zero-order valence-electron chi connectivity index (χ0n) is 11.7. The molecule has 94 valence electrons. The SMILES string of the molecule is CC.Cc1ccc(C)cc1.Cc1ccccc1.[HH]. The molecule has 0 bridgehead atoms. The fourth-order valence-electron chi connectivity index (χ4n) is 1.17. The highest BCUT2D eigenvalue weighted by Crippen LogP contribution is 1.99. The van der Waals surface area contributed by atoms with Crippen molar-refractivity contribution < 1.29 is 1.43 Å². The maximum Gasteiger partial charge on any atom is 0 e. The molecular weight excluding hydrogens is 204 g/mol. The van der Waals surface area contributed by atoms with Crippen LogP contribution in [0.15, 0.2) is 54.6 Å². The highest BCUT2D eigenvalue weighted by molar-refractivity contribution is 5.19. The molecular formula is C17H26. The molecule has 0 aromatic heterocycles. The average Bonchev–Trinajstić information content (AvgIpc) is 2.37. The van der Waals surface area contributed by atoms with Gasteiger partial charge >= 0.3 is 0 Å². The predicted molar refractivity (Wildman–Crippen MR) is 80.6 cm³/mol. The standard InChI is InChI=1S/C8H10.C7H8.C2H6.H2/c1-7-3-5-8(2)6-4-7;1-7-5-3-2-4-6-7;1-2;/h3-6H,1-2H3;2-6H,1H3;1-2H3;1H. The van der Waals surface area contributed by atoms with Crippen molar-refractivity contribution in [2.75, 3.05) is 0 Å². The first-order chi connectivity index (χ1) is 8.18. The van der Waals surface area contributed by atoms with Gasteiger partial charge in [-0.25, -0.2) is 0 Å². The van der Waals surface area contributed by atoms with E-state index in [0.29, 0.717) is 0 Å². The minimum absolute atomic E-state index is 0. The number of rotatable bonds is 0. The molecule has 0 spiro atoms. The Bertz CT molecular complexity index is 355. The largest absolute Gasteiger partial charge is 0.0683 e. The normalized spacial score (nSPS) is 8.29. The Morgan fingerprint density at radius 2 is 0.824 bits per heavy atom. The molecule has 0 aliphatic carbocycles. The molecule has 0 radical (unpaired) electrons. The molecule has 2 aromatic carbocycles. The molecule has 0 fully saturated rings. The maximum atomic E-state index is 2.12. The molecule has 0 unspecified atom stereocenters. The Hall–Kier alpha value is -1.56. The summed E-state index contributed by atoms with van der Waals surface area (Å²) in [7, 11) is 0. The third kappa shape index (κ3) is 8.27. The van der Waals surface area contributed by atoms with Crippen LogP contribution < -0.4 is 0 Å². The monoisotopic (exact) mass is 230 g/mol.